The molecule has 0 fully saturated rings. The van der Waals surface area contributed by atoms with Gasteiger partial charge in [-0.15, -0.1) is 0 Å². The van der Waals surface area contributed by atoms with Gasteiger partial charge in [-0.2, -0.15) is 5.10 Å². The van der Waals surface area contributed by atoms with Crippen LogP contribution < -0.4 is 5.43 Å². The molecule has 1 aromatic heterocycles. The zero-order valence-corrected chi connectivity index (χ0v) is 8.75. The number of nitrogens with one attached hydrogen (secondary N) is 1. The molecule has 94 valence electrons. The predicted octanol–water partition coefficient (Wildman–Crippen LogP) is 3.28. The molecule has 0 unspecified atom stereocenters. The van der Waals surface area contributed by atoms with Gasteiger partial charge < -0.3 is 4.42 Å². The van der Waals surface area contributed by atoms with E-state index in [2.05, 4.69) is 5.10 Å². The third-order valence-electron chi connectivity index (χ3n) is 2.04. The number of hydrogen-bond acceptors (Lipinski definition) is 3. The van der Waals surface area contributed by atoms with Gasteiger partial charge in [0, 0.05) is 11.6 Å². The molecule has 1 aromatic carbocycles. The Labute approximate surface area is 98.7 Å². The van der Waals surface area contributed by atoms with Crippen molar-refractivity contribution in [3.8, 4) is 0 Å². The van der Waals surface area contributed by atoms with Crippen LogP contribution in [-0.4, -0.2) is 6.21 Å². The summed E-state index contributed by atoms with van der Waals surface area (Å²) < 4.78 is 56.7. The van der Waals surface area contributed by atoms with Crippen molar-refractivity contribution in [2.45, 2.75) is 0 Å². The molecule has 0 spiro atoms. The number of furan rings is 1. The van der Waals surface area contributed by atoms with Crippen molar-refractivity contribution in [2.24, 2.45) is 5.10 Å². The lowest BCUT2D eigenvalue weighted by Gasteiger charge is -2.05. The quantitative estimate of drug-likeness (QED) is 0.397. The van der Waals surface area contributed by atoms with Crippen molar-refractivity contribution >= 4 is 11.9 Å². The lowest BCUT2D eigenvalue weighted by atomic mass is 10.2. The largest absolute Gasteiger partial charge is 0.472 e. The van der Waals surface area contributed by atoms with Crippen molar-refractivity contribution in [3.63, 3.8) is 0 Å². The second kappa shape index (κ2) is 4.91. The van der Waals surface area contributed by atoms with Gasteiger partial charge in [-0.05, 0) is 6.07 Å². The summed E-state index contributed by atoms with van der Waals surface area (Å²) in [6.45, 7) is 0. The first-order chi connectivity index (χ1) is 8.59. The summed E-state index contributed by atoms with van der Waals surface area (Å²) in [6, 6.07) is 1.65. The van der Waals surface area contributed by atoms with Gasteiger partial charge in [0.15, 0.2) is 23.3 Å². The molecule has 0 bridgehead atoms. The summed E-state index contributed by atoms with van der Waals surface area (Å²) in [6.07, 6.45) is 3.86. The van der Waals surface area contributed by atoms with Gasteiger partial charge in [-0.3, -0.25) is 5.43 Å². The van der Waals surface area contributed by atoms with Gasteiger partial charge in [0.25, 0.3) is 0 Å². The van der Waals surface area contributed by atoms with E-state index in [1.807, 2.05) is 5.43 Å². The maximum absolute atomic E-state index is 13.2. The molecule has 0 saturated carbocycles. The molecule has 0 radical (unpaired) electrons. The molecule has 0 aliphatic carbocycles. The average Bonchev–Trinajstić information content (AvgIpc) is 2.84. The third-order valence-corrected chi connectivity index (χ3v) is 2.04. The molecule has 1 N–H and O–H groups in total. The van der Waals surface area contributed by atoms with Crippen molar-refractivity contribution in [3.05, 3.63) is 53.5 Å². The number of halogens is 4. The molecule has 0 atom stereocenters. The first-order valence-electron chi connectivity index (χ1n) is 4.74. The topological polar surface area (TPSA) is 37.5 Å². The molecule has 0 aliphatic heterocycles. The van der Waals surface area contributed by atoms with E-state index in [-0.39, 0.29) is 6.07 Å². The SMILES string of the molecule is Fc1cc(F)c(F)c(N/N=C/c2ccoc2)c1F. The van der Waals surface area contributed by atoms with E-state index in [9.17, 15) is 17.6 Å². The van der Waals surface area contributed by atoms with Gasteiger partial charge in [0.1, 0.15) is 5.69 Å². The fourth-order valence-electron chi connectivity index (χ4n) is 1.19. The highest BCUT2D eigenvalue weighted by Gasteiger charge is 2.18. The van der Waals surface area contributed by atoms with E-state index in [0.717, 1.165) is 0 Å². The van der Waals surface area contributed by atoms with Crippen molar-refractivity contribution < 1.29 is 22.0 Å². The van der Waals surface area contributed by atoms with Crippen LogP contribution in [0.3, 0.4) is 0 Å². The molecular weight excluding hydrogens is 252 g/mol. The number of anilines is 1. The Kier molecular flexibility index (Phi) is 3.31. The van der Waals surface area contributed by atoms with Crippen molar-refractivity contribution in [1.29, 1.82) is 0 Å². The van der Waals surface area contributed by atoms with Crippen LogP contribution in [0.1, 0.15) is 5.56 Å². The summed E-state index contributed by atoms with van der Waals surface area (Å²) in [5, 5.41) is 3.44. The number of hydrazone groups is 1. The highest BCUT2D eigenvalue weighted by atomic mass is 19.2. The number of benzene rings is 1. The normalized spacial score (nSPS) is 11.1. The molecule has 3 nitrogen and oxygen atoms in total. The molecule has 2 aromatic rings. The van der Waals surface area contributed by atoms with Crippen molar-refractivity contribution in [1.82, 2.24) is 0 Å². The van der Waals surface area contributed by atoms with Crippen LogP contribution in [0.4, 0.5) is 23.2 Å². The van der Waals surface area contributed by atoms with Gasteiger partial charge >= 0.3 is 0 Å². The molecule has 0 saturated heterocycles. The highest BCUT2D eigenvalue weighted by molar-refractivity contribution is 5.79. The summed E-state index contributed by atoms with van der Waals surface area (Å²) in [7, 11) is 0. The Morgan fingerprint density at radius 1 is 1.11 bits per heavy atom. The first kappa shape index (κ1) is 12.2. The Morgan fingerprint density at radius 2 is 1.78 bits per heavy atom. The van der Waals surface area contributed by atoms with Crippen LogP contribution in [0.15, 0.2) is 34.2 Å². The zero-order valence-electron chi connectivity index (χ0n) is 8.75. The molecule has 7 heteroatoms. The van der Waals surface area contributed by atoms with Gasteiger partial charge in [-0.1, -0.05) is 0 Å². The second-order valence-corrected chi connectivity index (χ2v) is 3.27. The van der Waals surface area contributed by atoms with Gasteiger partial charge in [-0.25, -0.2) is 17.6 Å². The number of nitrogens with zero attached hydrogens (tertiary/aromatic N) is 1. The fraction of sp³-hybridized carbons (Fsp3) is 0. The number of rotatable bonds is 3. The first-order valence-corrected chi connectivity index (χ1v) is 4.74. The van der Waals surface area contributed by atoms with E-state index in [1.54, 1.807) is 0 Å². The van der Waals surface area contributed by atoms with Crippen LogP contribution >= 0.6 is 0 Å². The lowest BCUT2D eigenvalue weighted by molar-refractivity contribution is 0.458. The van der Waals surface area contributed by atoms with E-state index in [0.29, 0.717) is 5.56 Å². The Hall–Kier alpha value is -2.31. The van der Waals surface area contributed by atoms with Crippen LogP contribution in [0, 0.1) is 23.3 Å². The minimum atomic E-state index is -1.54. The third kappa shape index (κ3) is 2.34. The molecule has 1 heterocycles. The maximum atomic E-state index is 13.2. The molecule has 0 amide bonds. The summed E-state index contributed by atoms with van der Waals surface area (Å²) in [4.78, 5) is 0. The second-order valence-electron chi connectivity index (χ2n) is 3.27. The van der Waals surface area contributed by atoms with Crippen LogP contribution in [0.2, 0.25) is 0 Å². The Bertz CT molecular complexity index is 555. The summed E-state index contributed by atoms with van der Waals surface area (Å²) in [5.74, 6) is -6.10. The van der Waals surface area contributed by atoms with E-state index < -0.39 is 29.0 Å². The fourth-order valence-corrected chi connectivity index (χ4v) is 1.19. The van der Waals surface area contributed by atoms with Crippen LogP contribution in [0.25, 0.3) is 0 Å². The van der Waals surface area contributed by atoms with Crippen LogP contribution in [-0.2, 0) is 0 Å². The lowest BCUT2D eigenvalue weighted by Crippen LogP contribution is -2.02. The Morgan fingerprint density at radius 3 is 2.33 bits per heavy atom. The van der Waals surface area contributed by atoms with Gasteiger partial charge in [0.2, 0.25) is 0 Å². The zero-order chi connectivity index (χ0) is 13.1. The Balaban J connectivity index is 2.24. The predicted molar refractivity (Wildman–Crippen MR) is 56.2 cm³/mol. The molecular formula is C11H6F4N2O. The van der Waals surface area contributed by atoms with Crippen LogP contribution in [0.5, 0.6) is 0 Å². The van der Waals surface area contributed by atoms with Crippen molar-refractivity contribution in [2.75, 3.05) is 5.43 Å². The van der Waals surface area contributed by atoms with E-state index >= 15 is 0 Å². The molecule has 2 rings (SSSR count). The monoisotopic (exact) mass is 258 g/mol. The van der Waals surface area contributed by atoms with E-state index in [4.69, 9.17) is 4.42 Å². The maximum Gasteiger partial charge on any atom is 0.186 e. The highest BCUT2D eigenvalue weighted by Crippen LogP contribution is 2.23. The molecule has 0 aliphatic rings. The summed E-state index contributed by atoms with van der Waals surface area (Å²) >= 11 is 0. The summed E-state index contributed by atoms with van der Waals surface area (Å²) in [5.41, 5.74) is 1.42. The molecule has 18 heavy (non-hydrogen) atoms. The average molecular weight is 258 g/mol. The number of hydrogen-bond donors (Lipinski definition) is 1. The van der Waals surface area contributed by atoms with E-state index in [1.165, 1.54) is 24.8 Å². The smallest absolute Gasteiger partial charge is 0.186 e. The minimum absolute atomic E-state index is 0.121. The standard InChI is InChI=1S/C11H6F4N2O/c12-7-3-8(13)10(15)11(9(7)14)17-16-4-6-1-2-18-5-6/h1-5,17H/b16-4+. The minimum Gasteiger partial charge on any atom is -0.472 e. The van der Waals surface area contributed by atoms with Gasteiger partial charge in [0.05, 0.1) is 18.7 Å².